The Bertz CT molecular complexity index is 932. The van der Waals surface area contributed by atoms with Gasteiger partial charge in [-0.2, -0.15) is 0 Å². The molecule has 0 saturated carbocycles. The molecule has 5 rings (SSSR count). The van der Waals surface area contributed by atoms with Crippen molar-refractivity contribution in [3.05, 3.63) is 47.3 Å². The monoisotopic (exact) mass is 384 g/mol. The number of aromatic carboxylic acids is 1. The molecule has 2 atom stereocenters. The largest absolute Gasteiger partial charge is 0.478 e. The van der Waals surface area contributed by atoms with Crippen LogP contribution >= 0.6 is 0 Å². The van der Waals surface area contributed by atoms with Crippen LogP contribution in [0.3, 0.4) is 0 Å². The Labute approximate surface area is 161 Å². The molecule has 146 valence electrons. The zero-order valence-electron chi connectivity index (χ0n) is 15.3. The highest BCUT2D eigenvalue weighted by Crippen LogP contribution is 2.46. The van der Waals surface area contributed by atoms with Gasteiger partial charge in [0.05, 0.1) is 36.5 Å². The first-order valence-corrected chi connectivity index (χ1v) is 9.52. The van der Waals surface area contributed by atoms with Gasteiger partial charge in [0.25, 0.3) is 0 Å². The Balaban J connectivity index is 1.76. The fraction of sp³-hybridized carbons (Fsp3) is 0.381. The van der Waals surface area contributed by atoms with Crippen LogP contribution in [0.15, 0.2) is 30.3 Å². The predicted octanol–water partition coefficient (Wildman–Crippen LogP) is 3.00. The number of hydrogen-bond donors (Lipinski definition) is 2. The number of fused-ring (bicyclic) bond motifs is 3. The Kier molecular flexibility index (Phi) is 4.21. The molecule has 2 aromatic carbocycles. The second-order valence-electron chi connectivity index (χ2n) is 7.49. The third-order valence-electron chi connectivity index (χ3n) is 5.82. The number of carboxylic acids is 1. The number of carbonyl (C=O) groups is 1. The molecule has 3 aliphatic heterocycles. The maximum Gasteiger partial charge on any atom is 0.337 e. The summed E-state index contributed by atoms with van der Waals surface area (Å²) in [7, 11) is 0. The molecule has 0 amide bonds. The first kappa shape index (κ1) is 17.5. The number of ether oxygens (including phenoxy) is 2. The van der Waals surface area contributed by atoms with Crippen molar-refractivity contribution in [2.75, 3.05) is 24.8 Å². The van der Waals surface area contributed by atoms with Crippen LogP contribution in [-0.4, -0.2) is 43.1 Å². The van der Waals surface area contributed by atoms with Gasteiger partial charge in [-0.15, -0.1) is 0 Å². The molecule has 7 heteroatoms. The predicted molar refractivity (Wildman–Crippen MR) is 101 cm³/mol. The molecule has 2 unspecified atom stereocenters. The summed E-state index contributed by atoms with van der Waals surface area (Å²) in [5.41, 5.74) is 2.82. The van der Waals surface area contributed by atoms with E-state index in [0.717, 1.165) is 30.0 Å². The smallest absolute Gasteiger partial charge is 0.337 e. The average molecular weight is 384 g/mol. The number of halogens is 1. The number of nitrogens with zero attached hydrogens (tertiary/aromatic N) is 1. The Morgan fingerprint density at radius 1 is 1.18 bits per heavy atom. The van der Waals surface area contributed by atoms with E-state index in [1.807, 2.05) is 18.2 Å². The average Bonchev–Trinajstić information content (AvgIpc) is 2.94. The summed E-state index contributed by atoms with van der Waals surface area (Å²) in [6.07, 6.45) is 1.88. The topological polar surface area (TPSA) is 71.0 Å². The van der Waals surface area contributed by atoms with Crippen LogP contribution < -0.4 is 15.0 Å². The van der Waals surface area contributed by atoms with Gasteiger partial charge < -0.3 is 19.5 Å². The van der Waals surface area contributed by atoms with E-state index in [4.69, 9.17) is 9.47 Å². The highest BCUT2D eigenvalue weighted by molar-refractivity contribution is 6.00. The number of para-hydroxylation sites is 1. The van der Waals surface area contributed by atoms with Crippen molar-refractivity contribution in [2.24, 2.45) is 0 Å². The first-order chi connectivity index (χ1) is 13.6. The number of benzene rings is 2. The Morgan fingerprint density at radius 2 is 1.96 bits per heavy atom. The second kappa shape index (κ2) is 6.76. The van der Waals surface area contributed by atoms with Gasteiger partial charge in [-0.05, 0) is 25.0 Å². The van der Waals surface area contributed by atoms with E-state index in [2.05, 4.69) is 10.2 Å². The van der Waals surface area contributed by atoms with Gasteiger partial charge in [0.1, 0.15) is 18.3 Å². The van der Waals surface area contributed by atoms with Crippen LogP contribution in [0.25, 0.3) is 11.1 Å². The summed E-state index contributed by atoms with van der Waals surface area (Å²) in [6.45, 7) is 2.13. The Hall–Kier alpha value is -2.64. The van der Waals surface area contributed by atoms with Gasteiger partial charge >= 0.3 is 5.97 Å². The lowest BCUT2D eigenvalue weighted by Crippen LogP contribution is -2.46. The van der Waals surface area contributed by atoms with Crippen molar-refractivity contribution < 1.29 is 23.8 Å². The van der Waals surface area contributed by atoms with Crippen molar-refractivity contribution >= 4 is 11.7 Å². The summed E-state index contributed by atoms with van der Waals surface area (Å²) >= 11 is 0. The van der Waals surface area contributed by atoms with Gasteiger partial charge in [0.2, 0.25) is 0 Å². The SMILES string of the molecule is O=C(O)c1cc(F)cc(-c2cccc3c2OCNC3)c1N1C2CCC1COC2. The first-order valence-electron chi connectivity index (χ1n) is 9.52. The minimum atomic E-state index is -1.13. The Morgan fingerprint density at radius 3 is 2.71 bits per heavy atom. The fourth-order valence-electron chi connectivity index (χ4n) is 4.65. The van der Waals surface area contributed by atoms with Crippen LogP contribution in [0, 0.1) is 5.82 Å². The van der Waals surface area contributed by atoms with Crippen molar-refractivity contribution in [2.45, 2.75) is 31.5 Å². The van der Waals surface area contributed by atoms with E-state index in [1.54, 1.807) is 0 Å². The zero-order chi connectivity index (χ0) is 19.3. The molecule has 3 heterocycles. The third-order valence-corrected chi connectivity index (χ3v) is 5.82. The maximum atomic E-state index is 14.5. The van der Waals surface area contributed by atoms with E-state index < -0.39 is 11.8 Å². The molecular weight excluding hydrogens is 363 g/mol. The van der Waals surface area contributed by atoms with E-state index in [-0.39, 0.29) is 17.6 Å². The molecule has 0 aromatic heterocycles. The molecule has 2 fully saturated rings. The lowest BCUT2D eigenvalue weighted by Gasteiger charge is -2.39. The summed E-state index contributed by atoms with van der Waals surface area (Å²) in [5, 5.41) is 13.0. The number of hydrogen-bond acceptors (Lipinski definition) is 5. The van der Waals surface area contributed by atoms with Crippen molar-refractivity contribution in [3.8, 4) is 16.9 Å². The summed E-state index contributed by atoms with van der Waals surface area (Å²) < 4.78 is 26.0. The van der Waals surface area contributed by atoms with Crippen LogP contribution in [-0.2, 0) is 11.3 Å². The van der Waals surface area contributed by atoms with Crippen LogP contribution in [0.4, 0.5) is 10.1 Å². The van der Waals surface area contributed by atoms with Crippen molar-refractivity contribution in [1.82, 2.24) is 5.32 Å². The van der Waals surface area contributed by atoms with Gasteiger partial charge in [0.15, 0.2) is 0 Å². The minimum Gasteiger partial charge on any atom is -0.478 e. The number of nitrogens with one attached hydrogen (secondary N) is 1. The molecule has 0 spiro atoms. The molecule has 0 aliphatic carbocycles. The second-order valence-corrected chi connectivity index (χ2v) is 7.49. The molecular formula is C21H21FN2O4. The molecule has 6 nitrogen and oxygen atoms in total. The number of rotatable bonds is 3. The standard InChI is InChI=1S/C21H21FN2O4/c22-13-6-17(16-3-1-2-12-8-23-11-28-20(12)16)19(18(7-13)21(25)26)24-14-4-5-15(24)10-27-9-14/h1-3,6-7,14-15,23H,4-5,8-11H2,(H,25,26). The molecule has 28 heavy (non-hydrogen) atoms. The van der Waals surface area contributed by atoms with E-state index in [1.165, 1.54) is 6.07 Å². The molecule has 2 N–H and O–H groups in total. The van der Waals surface area contributed by atoms with Crippen LogP contribution in [0.1, 0.15) is 28.8 Å². The summed E-state index contributed by atoms with van der Waals surface area (Å²) in [5.74, 6) is -1.01. The number of carboxylic acid groups (broad SMARTS) is 1. The van der Waals surface area contributed by atoms with Crippen molar-refractivity contribution in [3.63, 3.8) is 0 Å². The summed E-state index contributed by atoms with van der Waals surface area (Å²) in [4.78, 5) is 14.2. The molecule has 2 bridgehead atoms. The number of morpholine rings is 1. The van der Waals surface area contributed by atoms with E-state index in [9.17, 15) is 14.3 Å². The lowest BCUT2D eigenvalue weighted by atomic mass is 9.94. The van der Waals surface area contributed by atoms with E-state index >= 15 is 0 Å². The van der Waals surface area contributed by atoms with Crippen LogP contribution in [0.5, 0.6) is 5.75 Å². The zero-order valence-corrected chi connectivity index (χ0v) is 15.3. The van der Waals surface area contributed by atoms with Crippen molar-refractivity contribution in [1.29, 1.82) is 0 Å². The quantitative estimate of drug-likeness (QED) is 0.848. The fourth-order valence-corrected chi connectivity index (χ4v) is 4.65. The molecule has 3 aliphatic rings. The maximum absolute atomic E-state index is 14.5. The van der Waals surface area contributed by atoms with Gasteiger partial charge in [-0.3, -0.25) is 5.32 Å². The highest BCUT2D eigenvalue weighted by atomic mass is 19.1. The van der Waals surface area contributed by atoms with Gasteiger partial charge in [0, 0.05) is 23.2 Å². The lowest BCUT2D eigenvalue weighted by molar-refractivity contribution is 0.0693. The highest BCUT2D eigenvalue weighted by Gasteiger charge is 2.40. The molecule has 2 aromatic rings. The minimum absolute atomic E-state index is 0.0136. The van der Waals surface area contributed by atoms with E-state index in [0.29, 0.717) is 43.5 Å². The number of anilines is 1. The third kappa shape index (κ3) is 2.73. The molecule has 0 radical (unpaired) electrons. The van der Waals surface area contributed by atoms with Gasteiger partial charge in [-0.1, -0.05) is 18.2 Å². The normalized spacial score (nSPS) is 23.2. The van der Waals surface area contributed by atoms with Crippen LogP contribution in [0.2, 0.25) is 0 Å². The van der Waals surface area contributed by atoms with Gasteiger partial charge in [-0.25, -0.2) is 9.18 Å². The molecule has 2 saturated heterocycles. The summed E-state index contributed by atoms with van der Waals surface area (Å²) in [6, 6.07) is 8.47.